The first-order chi connectivity index (χ1) is 8.94. The normalized spacial score (nSPS) is 12.7. The highest BCUT2D eigenvalue weighted by Crippen LogP contribution is 2.15. The largest absolute Gasteiger partial charge is 0.497 e. The Hall–Kier alpha value is -1.84. The second-order valence-corrected chi connectivity index (χ2v) is 5.18. The number of methoxy groups -OCH3 is 1. The summed E-state index contributed by atoms with van der Waals surface area (Å²) in [4.78, 5) is 20.9. The fraction of sp³-hybridized carbons (Fsp3) is 0.300. The van der Waals surface area contributed by atoms with Gasteiger partial charge >= 0.3 is 5.91 Å². The predicted molar refractivity (Wildman–Crippen MR) is 65.0 cm³/mol. The second kappa shape index (κ2) is 6.36. The fourth-order valence-electron chi connectivity index (χ4n) is 1.24. The van der Waals surface area contributed by atoms with E-state index in [9.17, 15) is 18.1 Å². The molecule has 9 heteroatoms. The minimum absolute atomic E-state index is 0.134. The van der Waals surface area contributed by atoms with E-state index >= 15 is 0 Å². The van der Waals surface area contributed by atoms with Gasteiger partial charge < -0.3 is 9.84 Å². The van der Waals surface area contributed by atoms with Crippen LogP contribution in [0.4, 0.5) is 0 Å². The maximum absolute atomic E-state index is 11.9. The summed E-state index contributed by atoms with van der Waals surface area (Å²) in [6.45, 7) is -0.861. The Kier molecular flexibility index (Phi) is 5.10. The van der Waals surface area contributed by atoms with E-state index < -0.39 is 28.6 Å². The number of hydrogen-bond acceptors (Lipinski definition) is 6. The molecule has 0 aromatic heterocycles. The third-order valence-electron chi connectivity index (χ3n) is 2.24. The van der Waals surface area contributed by atoms with Gasteiger partial charge in [0.2, 0.25) is 10.0 Å². The van der Waals surface area contributed by atoms with E-state index in [1.165, 1.54) is 31.4 Å². The maximum atomic E-state index is 11.9. The molecule has 1 aromatic carbocycles. The van der Waals surface area contributed by atoms with Crippen LogP contribution in [0.2, 0.25) is 0 Å². The van der Waals surface area contributed by atoms with E-state index in [2.05, 4.69) is 5.18 Å². The molecule has 8 nitrogen and oxygen atoms in total. The zero-order valence-electron chi connectivity index (χ0n) is 9.94. The van der Waals surface area contributed by atoms with Gasteiger partial charge in [0.15, 0.2) is 0 Å². The summed E-state index contributed by atoms with van der Waals surface area (Å²) in [5.41, 5.74) is 0. The van der Waals surface area contributed by atoms with Crippen LogP contribution in [0.1, 0.15) is 0 Å². The van der Waals surface area contributed by atoms with Gasteiger partial charge in [-0.2, -0.15) is 4.72 Å². The SMILES string of the molecule is COc1ccc(S(=O)(=O)N[C@H](CO)C(=O)N=O)cc1. The summed E-state index contributed by atoms with van der Waals surface area (Å²) >= 11 is 0. The molecule has 0 radical (unpaired) electrons. The third-order valence-corrected chi connectivity index (χ3v) is 3.73. The molecule has 0 aliphatic rings. The second-order valence-electron chi connectivity index (χ2n) is 3.46. The van der Waals surface area contributed by atoms with Gasteiger partial charge in [-0.1, -0.05) is 0 Å². The Labute approximate surface area is 109 Å². The highest BCUT2D eigenvalue weighted by Gasteiger charge is 2.25. The lowest BCUT2D eigenvalue weighted by molar-refractivity contribution is -0.120. The van der Waals surface area contributed by atoms with Crippen molar-refractivity contribution in [3.8, 4) is 5.75 Å². The molecule has 1 atom stereocenters. The zero-order chi connectivity index (χ0) is 14.5. The standard InChI is InChI=1S/C10H12N2O6S/c1-18-7-2-4-8(5-3-7)19(16,17)12-9(6-13)10(14)11-15/h2-5,9,12-13H,6H2,1H3/t9-/m1/s1. The molecule has 1 amide bonds. The summed E-state index contributed by atoms with van der Waals surface area (Å²) in [5.74, 6) is -0.831. The Balaban J connectivity index is 2.96. The molecule has 0 fully saturated rings. The number of aliphatic hydroxyl groups excluding tert-OH is 1. The van der Waals surface area contributed by atoms with Crippen LogP contribution in [0.3, 0.4) is 0 Å². The number of amides is 1. The number of benzene rings is 1. The van der Waals surface area contributed by atoms with E-state index in [1.54, 1.807) is 0 Å². The highest BCUT2D eigenvalue weighted by atomic mass is 32.2. The van der Waals surface area contributed by atoms with Gasteiger partial charge in [-0.05, 0) is 24.3 Å². The molecule has 104 valence electrons. The summed E-state index contributed by atoms with van der Waals surface area (Å²) in [7, 11) is -2.61. The van der Waals surface area contributed by atoms with Crippen LogP contribution in [0, 0.1) is 4.91 Å². The third kappa shape index (κ3) is 3.81. The number of hydrogen-bond donors (Lipinski definition) is 2. The molecule has 2 N–H and O–H groups in total. The molecule has 1 aromatic rings. The monoisotopic (exact) mass is 288 g/mol. The van der Waals surface area contributed by atoms with E-state index in [4.69, 9.17) is 9.84 Å². The number of ether oxygens (including phenoxy) is 1. The van der Waals surface area contributed by atoms with Crippen LogP contribution in [0.25, 0.3) is 0 Å². The van der Waals surface area contributed by atoms with Crippen LogP contribution < -0.4 is 9.46 Å². The first kappa shape index (κ1) is 15.2. The first-order valence-corrected chi connectivity index (χ1v) is 6.57. The number of nitroso groups, excluding NO2 is 1. The van der Waals surface area contributed by atoms with E-state index in [1.807, 2.05) is 4.72 Å². The van der Waals surface area contributed by atoms with E-state index in [0.717, 1.165) is 0 Å². The Bertz CT molecular complexity index is 554. The summed E-state index contributed by atoms with van der Waals surface area (Å²) < 4.78 is 30.5. The lowest BCUT2D eigenvalue weighted by Crippen LogP contribution is -2.42. The number of carbonyl (C=O) groups excluding carboxylic acids is 1. The quantitative estimate of drug-likeness (QED) is 0.688. The molecule has 0 saturated carbocycles. The average molecular weight is 288 g/mol. The molecule has 19 heavy (non-hydrogen) atoms. The van der Waals surface area contributed by atoms with Crippen molar-refractivity contribution < 1.29 is 23.1 Å². The number of sulfonamides is 1. The number of nitrogens with one attached hydrogen (secondary N) is 1. The molecule has 0 aliphatic carbocycles. The summed E-state index contributed by atoms with van der Waals surface area (Å²) in [6.07, 6.45) is 0. The predicted octanol–water partition coefficient (Wildman–Crippen LogP) is -0.373. The van der Waals surface area contributed by atoms with Gasteiger partial charge in [-0.15, -0.1) is 4.91 Å². The highest BCUT2D eigenvalue weighted by molar-refractivity contribution is 7.89. The molecule has 0 unspecified atom stereocenters. The maximum Gasteiger partial charge on any atom is 0.306 e. The van der Waals surface area contributed by atoms with E-state index in [-0.39, 0.29) is 4.90 Å². The van der Waals surface area contributed by atoms with Crippen molar-refractivity contribution in [2.75, 3.05) is 13.7 Å². The van der Waals surface area contributed by atoms with Gasteiger partial charge in [-0.25, -0.2) is 8.42 Å². The topological polar surface area (TPSA) is 122 Å². The van der Waals surface area contributed by atoms with E-state index in [0.29, 0.717) is 5.75 Å². The van der Waals surface area contributed by atoms with Gasteiger partial charge in [0.05, 0.1) is 18.6 Å². The van der Waals surface area contributed by atoms with Gasteiger partial charge in [-0.3, -0.25) is 4.79 Å². The van der Waals surface area contributed by atoms with Crippen molar-refractivity contribution in [2.24, 2.45) is 5.18 Å². The Morgan fingerprint density at radius 2 is 2.00 bits per heavy atom. The van der Waals surface area contributed by atoms with Crippen molar-refractivity contribution in [1.82, 2.24) is 4.72 Å². The Morgan fingerprint density at radius 1 is 1.42 bits per heavy atom. The minimum atomic E-state index is -4.04. The van der Waals surface area contributed by atoms with Crippen molar-refractivity contribution in [2.45, 2.75) is 10.9 Å². The molecule has 1 rings (SSSR count). The van der Waals surface area contributed by atoms with Gasteiger partial charge in [0.1, 0.15) is 11.8 Å². The number of nitrogens with zero attached hydrogens (tertiary/aromatic N) is 1. The van der Waals surface area contributed by atoms with Crippen molar-refractivity contribution in [3.05, 3.63) is 29.2 Å². The molecule has 0 heterocycles. The molecule has 0 bridgehead atoms. The van der Waals surface area contributed by atoms with Crippen molar-refractivity contribution >= 4 is 15.9 Å². The van der Waals surface area contributed by atoms with Crippen LogP contribution in [0.5, 0.6) is 5.75 Å². The van der Waals surface area contributed by atoms with Crippen LogP contribution in [-0.4, -0.2) is 39.2 Å². The molecule has 0 saturated heterocycles. The lowest BCUT2D eigenvalue weighted by atomic mass is 10.3. The zero-order valence-corrected chi connectivity index (χ0v) is 10.8. The number of rotatable bonds is 6. The number of aliphatic hydroxyl groups is 1. The minimum Gasteiger partial charge on any atom is -0.497 e. The van der Waals surface area contributed by atoms with Crippen molar-refractivity contribution in [1.29, 1.82) is 0 Å². The first-order valence-electron chi connectivity index (χ1n) is 5.09. The molecular formula is C10H12N2O6S. The van der Waals surface area contributed by atoms with Crippen LogP contribution in [-0.2, 0) is 14.8 Å². The molecule has 0 aliphatic heterocycles. The smallest absolute Gasteiger partial charge is 0.306 e. The van der Waals surface area contributed by atoms with Crippen LogP contribution in [0.15, 0.2) is 34.3 Å². The summed E-state index contributed by atoms with van der Waals surface area (Å²) in [5, 5.41) is 10.9. The lowest BCUT2D eigenvalue weighted by Gasteiger charge is -2.12. The van der Waals surface area contributed by atoms with Gasteiger partial charge in [0.25, 0.3) is 0 Å². The summed E-state index contributed by atoms with van der Waals surface area (Å²) in [6, 6.07) is 3.76. The van der Waals surface area contributed by atoms with Crippen LogP contribution >= 0.6 is 0 Å². The van der Waals surface area contributed by atoms with Gasteiger partial charge in [0, 0.05) is 5.18 Å². The molecule has 0 spiro atoms. The molecular weight excluding hydrogens is 276 g/mol. The number of carbonyl (C=O) groups is 1. The fourth-order valence-corrected chi connectivity index (χ4v) is 2.42. The Morgan fingerprint density at radius 3 is 2.42 bits per heavy atom. The van der Waals surface area contributed by atoms with Crippen molar-refractivity contribution in [3.63, 3.8) is 0 Å². The average Bonchev–Trinajstić information content (AvgIpc) is 2.44.